The van der Waals surface area contributed by atoms with Crippen molar-refractivity contribution in [3.8, 4) is 0 Å². The molecule has 0 aliphatic heterocycles. The first kappa shape index (κ1) is 19.2. The van der Waals surface area contributed by atoms with Gasteiger partial charge in [-0.05, 0) is 19.4 Å². The van der Waals surface area contributed by atoms with Gasteiger partial charge in [0.15, 0.2) is 0 Å². The minimum Gasteiger partial charge on any atom is -0.480 e. The Morgan fingerprint density at radius 3 is 2.46 bits per heavy atom. The average Bonchev–Trinajstić information content (AvgIpc) is 2.54. The number of likely N-dealkylation sites (N-methyl/N-ethyl adjacent to an activating group) is 1. The normalized spacial score (nSPS) is 12.2. The van der Waals surface area contributed by atoms with Crippen LogP contribution < -0.4 is 5.32 Å². The molecule has 1 atom stereocenters. The van der Waals surface area contributed by atoms with Crippen molar-refractivity contribution in [1.82, 2.24) is 10.2 Å². The highest BCUT2D eigenvalue weighted by Crippen LogP contribution is 2.05. The van der Waals surface area contributed by atoms with E-state index in [-0.39, 0.29) is 13.0 Å². The van der Waals surface area contributed by atoms with Crippen LogP contribution in [-0.4, -0.2) is 47.7 Å². The summed E-state index contributed by atoms with van der Waals surface area (Å²) in [5.74, 6) is -1.62. The lowest BCUT2D eigenvalue weighted by atomic mass is 10.1. The molecular weight excluding hydrogens is 312 g/mol. The number of benzene rings is 1. The summed E-state index contributed by atoms with van der Waals surface area (Å²) in [6.07, 6.45) is 0.673. The second-order valence-electron chi connectivity index (χ2n) is 5.15. The van der Waals surface area contributed by atoms with Gasteiger partial charge in [-0.3, -0.25) is 4.79 Å². The Labute approximate surface area is 140 Å². The number of nitrogens with one attached hydrogen (secondary N) is 1. The van der Waals surface area contributed by atoms with Crippen molar-refractivity contribution in [2.75, 3.05) is 13.7 Å². The van der Waals surface area contributed by atoms with E-state index in [2.05, 4.69) is 5.32 Å². The van der Waals surface area contributed by atoms with E-state index < -0.39 is 24.0 Å². The Morgan fingerprint density at radius 2 is 1.92 bits per heavy atom. The summed E-state index contributed by atoms with van der Waals surface area (Å²) in [7, 11) is 1.29. The van der Waals surface area contributed by atoms with Crippen molar-refractivity contribution >= 4 is 18.0 Å². The van der Waals surface area contributed by atoms with E-state index in [0.29, 0.717) is 5.70 Å². The number of ether oxygens (including phenoxy) is 1. The van der Waals surface area contributed by atoms with Gasteiger partial charge in [0.25, 0.3) is 5.91 Å². The molecule has 7 heteroatoms. The number of nitrogens with zero attached hydrogens (tertiary/aromatic N) is 1. The van der Waals surface area contributed by atoms with E-state index in [4.69, 9.17) is 4.74 Å². The molecule has 0 saturated carbocycles. The summed E-state index contributed by atoms with van der Waals surface area (Å²) >= 11 is 0. The summed E-state index contributed by atoms with van der Waals surface area (Å²) < 4.78 is 4.73. The highest BCUT2D eigenvalue weighted by Gasteiger charge is 2.19. The number of carboxylic acid groups (broad SMARTS) is 1. The van der Waals surface area contributed by atoms with Crippen LogP contribution in [0, 0.1) is 0 Å². The third-order valence-electron chi connectivity index (χ3n) is 3.19. The Hall–Kier alpha value is -2.83. The van der Waals surface area contributed by atoms with Crippen molar-refractivity contribution in [1.29, 1.82) is 0 Å². The Kier molecular flexibility index (Phi) is 7.48. The number of allylic oxidation sites excluding steroid dienone is 1. The van der Waals surface area contributed by atoms with Crippen molar-refractivity contribution in [2.45, 2.75) is 26.3 Å². The van der Waals surface area contributed by atoms with Gasteiger partial charge in [-0.1, -0.05) is 30.3 Å². The molecule has 7 nitrogen and oxygen atoms in total. The summed E-state index contributed by atoms with van der Waals surface area (Å²) in [4.78, 5) is 35.6. The molecule has 0 heterocycles. The van der Waals surface area contributed by atoms with Crippen LogP contribution in [0.25, 0.3) is 0 Å². The molecule has 0 radical (unpaired) electrons. The lowest BCUT2D eigenvalue weighted by Gasteiger charge is -2.17. The van der Waals surface area contributed by atoms with Crippen molar-refractivity contribution < 1.29 is 24.2 Å². The van der Waals surface area contributed by atoms with Gasteiger partial charge in [0, 0.05) is 25.2 Å². The molecule has 1 aromatic rings. The number of imide groups is 1. The number of carbonyl (C=O) groups is 3. The zero-order valence-corrected chi connectivity index (χ0v) is 14.0. The van der Waals surface area contributed by atoms with Gasteiger partial charge >= 0.3 is 12.1 Å². The first-order valence-corrected chi connectivity index (χ1v) is 7.51. The smallest absolute Gasteiger partial charge is 0.416 e. The molecule has 1 aromatic carbocycles. The second-order valence-corrected chi connectivity index (χ2v) is 5.15. The molecule has 0 aliphatic carbocycles. The van der Waals surface area contributed by atoms with Crippen molar-refractivity contribution in [3.63, 3.8) is 0 Å². The van der Waals surface area contributed by atoms with Gasteiger partial charge < -0.3 is 15.2 Å². The molecule has 0 bridgehead atoms. The Morgan fingerprint density at radius 1 is 1.29 bits per heavy atom. The Balaban J connectivity index is 2.74. The van der Waals surface area contributed by atoms with Crippen LogP contribution in [0.3, 0.4) is 0 Å². The van der Waals surface area contributed by atoms with Gasteiger partial charge in [0.1, 0.15) is 6.04 Å². The van der Waals surface area contributed by atoms with Crippen LogP contribution in [0.15, 0.2) is 42.1 Å². The number of hydrogen-bond donors (Lipinski definition) is 2. The van der Waals surface area contributed by atoms with E-state index in [1.54, 1.807) is 13.8 Å². The van der Waals surface area contributed by atoms with Crippen LogP contribution in [-0.2, 0) is 20.7 Å². The number of aliphatic carboxylic acids is 1. The monoisotopic (exact) mass is 334 g/mol. The molecule has 1 rings (SSSR count). The zero-order chi connectivity index (χ0) is 18.1. The molecule has 2 amide bonds. The first-order valence-electron chi connectivity index (χ1n) is 7.51. The largest absolute Gasteiger partial charge is 0.480 e. The standard InChI is InChI=1S/C17H22N2O5/c1-4-24-17(23)19(3)15(20)10-12(2)18-14(16(21)22)11-13-8-6-5-7-9-13/h5-10,14,18H,4,11H2,1-3H3,(H,21,22)/t14-/m0/s1. The van der Waals surface area contributed by atoms with Crippen molar-refractivity contribution in [3.05, 3.63) is 47.7 Å². The maximum atomic E-state index is 11.9. The van der Waals surface area contributed by atoms with Gasteiger partial charge in [-0.2, -0.15) is 0 Å². The zero-order valence-electron chi connectivity index (χ0n) is 14.0. The van der Waals surface area contributed by atoms with Crippen molar-refractivity contribution in [2.24, 2.45) is 0 Å². The molecule has 0 saturated heterocycles. The molecule has 0 aliphatic rings. The Bertz CT molecular complexity index is 613. The average molecular weight is 334 g/mol. The fraction of sp³-hybridized carbons (Fsp3) is 0.353. The SMILES string of the molecule is CCOC(=O)N(C)C(=O)C=C(C)N[C@@H](Cc1ccccc1)C(=O)O. The van der Waals surface area contributed by atoms with Crippen LogP contribution in [0.4, 0.5) is 4.79 Å². The molecule has 0 spiro atoms. The fourth-order valence-corrected chi connectivity index (χ4v) is 1.96. The fourth-order valence-electron chi connectivity index (χ4n) is 1.96. The molecule has 130 valence electrons. The number of carboxylic acids is 1. The van der Waals surface area contributed by atoms with E-state index in [1.807, 2.05) is 30.3 Å². The number of rotatable bonds is 7. The van der Waals surface area contributed by atoms with Gasteiger partial charge in [0.2, 0.25) is 0 Å². The van der Waals surface area contributed by atoms with Crippen LogP contribution in [0.2, 0.25) is 0 Å². The molecule has 0 aromatic heterocycles. The summed E-state index contributed by atoms with van der Waals surface area (Å²) in [5.41, 5.74) is 1.21. The second kappa shape index (κ2) is 9.34. The van der Waals surface area contributed by atoms with E-state index in [0.717, 1.165) is 16.5 Å². The minimum absolute atomic E-state index is 0.162. The third kappa shape index (κ3) is 6.12. The topological polar surface area (TPSA) is 95.9 Å². The maximum absolute atomic E-state index is 11.9. The third-order valence-corrected chi connectivity index (χ3v) is 3.19. The highest BCUT2D eigenvalue weighted by atomic mass is 16.6. The molecular formula is C17H22N2O5. The summed E-state index contributed by atoms with van der Waals surface area (Å²) in [6.45, 7) is 3.37. The van der Waals surface area contributed by atoms with E-state index in [1.165, 1.54) is 7.05 Å². The van der Waals surface area contributed by atoms with Crippen LogP contribution in [0.1, 0.15) is 19.4 Å². The minimum atomic E-state index is -1.03. The lowest BCUT2D eigenvalue weighted by molar-refractivity contribution is -0.139. The first-order chi connectivity index (χ1) is 11.3. The van der Waals surface area contributed by atoms with E-state index >= 15 is 0 Å². The molecule has 0 unspecified atom stereocenters. The molecule has 2 N–H and O–H groups in total. The van der Waals surface area contributed by atoms with Gasteiger partial charge in [-0.25, -0.2) is 14.5 Å². The predicted molar refractivity (Wildman–Crippen MR) is 88.3 cm³/mol. The summed E-state index contributed by atoms with van der Waals surface area (Å²) in [5, 5.41) is 12.1. The van der Waals surface area contributed by atoms with Gasteiger partial charge in [-0.15, -0.1) is 0 Å². The van der Waals surface area contributed by atoms with Gasteiger partial charge in [0.05, 0.1) is 6.61 Å². The highest BCUT2D eigenvalue weighted by molar-refractivity contribution is 5.98. The lowest BCUT2D eigenvalue weighted by Crippen LogP contribution is -2.38. The van der Waals surface area contributed by atoms with E-state index in [9.17, 15) is 19.5 Å². The maximum Gasteiger partial charge on any atom is 0.416 e. The quantitative estimate of drug-likeness (QED) is 0.738. The van der Waals surface area contributed by atoms with Crippen LogP contribution >= 0.6 is 0 Å². The molecule has 24 heavy (non-hydrogen) atoms. The number of carbonyl (C=O) groups excluding carboxylic acids is 2. The molecule has 0 fully saturated rings. The number of amides is 2. The summed E-state index contributed by atoms with van der Waals surface area (Å²) in [6, 6.07) is 8.28. The predicted octanol–water partition coefficient (Wildman–Crippen LogP) is 1.79. The van der Waals surface area contributed by atoms with Crippen LogP contribution in [0.5, 0.6) is 0 Å². The number of hydrogen-bond acceptors (Lipinski definition) is 5.